The second kappa shape index (κ2) is 4.84. The number of rotatable bonds is 2. The molecule has 2 fully saturated rings. The largest absolute Gasteiger partial charge is 0.391 e. The maximum absolute atomic E-state index is 12.8. The van der Waals surface area contributed by atoms with Crippen molar-refractivity contribution in [1.82, 2.24) is 4.90 Å². The molecule has 3 rings (SSSR count). The van der Waals surface area contributed by atoms with Gasteiger partial charge in [0, 0.05) is 13.1 Å². The van der Waals surface area contributed by atoms with Crippen molar-refractivity contribution in [2.24, 2.45) is 0 Å². The third kappa shape index (κ3) is 2.59. The van der Waals surface area contributed by atoms with Crippen LogP contribution in [0.15, 0.2) is 24.3 Å². The Morgan fingerprint density at radius 3 is 2.29 bits per heavy atom. The molecule has 2 aliphatic rings. The lowest BCUT2D eigenvalue weighted by Crippen LogP contribution is -2.38. The maximum Gasteiger partial charge on any atom is 0.233 e. The summed E-state index contributed by atoms with van der Waals surface area (Å²) in [6, 6.07) is 8.55. The van der Waals surface area contributed by atoms with Crippen molar-refractivity contribution in [3.8, 4) is 0 Å². The molecule has 1 aromatic rings. The van der Waals surface area contributed by atoms with Gasteiger partial charge in [-0.05, 0) is 35.8 Å². The molecule has 1 atom stereocenters. The molecule has 1 amide bonds. The fourth-order valence-corrected chi connectivity index (χ4v) is 3.27. The number of carbonyl (C=O) groups is 1. The van der Waals surface area contributed by atoms with Crippen molar-refractivity contribution in [3.05, 3.63) is 35.4 Å². The van der Waals surface area contributed by atoms with E-state index in [9.17, 15) is 9.90 Å². The summed E-state index contributed by atoms with van der Waals surface area (Å²) in [5.41, 5.74) is 2.27. The summed E-state index contributed by atoms with van der Waals surface area (Å²) in [6.07, 6.45) is 2.25. The number of benzene rings is 1. The molecule has 1 saturated heterocycles. The predicted octanol–water partition coefficient (Wildman–Crippen LogP) is 2.61. The summed E-state index contributed by atoms with van der Waals surface area (Å²) >= 11 is 0. The van der Waals surface area contributed by atoms with Crippen molar-refractivity contribution >= 4 is 5.91 Å². The number of aliphatic hydroxyl groups excluding tert-OH is 1. The van der Waals surface area contributed by atoms with Gasteiger partial charge in [-0.2, -0.15) is 0 Å². The summed E-state index contributed by atoms with van der Waals surface area (Å²) < 4.78 is 0. The van der Waals surface area contributed by atoms with Crippen LogP contribution in [0, 0.1) is 0 Å². The van der Waals surface area contributed by atoms with Gasteiger partial charge in [0.2, 0.25) is 5.91 Å². The first kappa shape index (κ1) is 14.6. The molecule has 1 aromatic carbocycles. The third-order valence-electron chi connectivity index (χ3n) is 4.91. The Balaban J connectivity index is 1.81. The van der Waals surface area contributed by atoms with Gasteiger partial charge in [0.25, 0.3) is 0 Å². The van der Waals surface area contributed by atoms with Crippen molar-refractivity contribution in [1.29, 1.82) is 0 Å². The monoisotopic (exact) mass is 287 g/mol. The zero-order valence-corrected chi connectivity index (χ0v) is 13.2. The van der Waals surface area contributed by atoms with E-state index in [-0.39, 0.29) is 22.8 Å². The zero-order valence-electron chi connectivity index (χ0n) is 13.2. The van der Waals surface area contributed by atoms with E-state index in [1.807, 2.05) is 4.90 Å². The lowest BCUT2D eigenvalue weighted by molar-refractivity contribution is -0.133. The van der Waals surface area contributed by atoms with Crippen LogP contribution in [-0.2, 0) is 15.6 Å². The van der Waals surface area contributed by atoms with Crippen molar-refractivity contribution in [2.75, 3.05) is 13.1 Å². The second-order valence-corrected chi connectivity index (χ2v) is 7.60. The van der Waals surface area contributed by atoms with Gasteiger partial charge in [-0.25, -0.2) is 0 Å². The normalized spacial score (nSPS) is 24.2. The van der Waals surface area contributed by atoms with Gasteiger partial charge >= 0.3 is 0 Å². The SMILES string of the molecule is CC(C)(C)c1ccc(C2(C(=O)N3CC[C@@H](O)C3)CC2)cc1. The summed E-state index contributed by atoms with van der Waals surface area (Å²) in [4.78, 5) is 14.6. The van der Waals surface area contributed by atoms with Crippen molar-refractivity contribution in [2.45, 2.75) is 57.0 Å². The van der Waals surface area contributed by atoms with E-state index < -0.39 is 0 Å². The molecule has 0 aromatic heterocycles. The number of hydrogen-bond donors (Lipinski definition) is 1. The van der Waals surface area contributed by atoms with E-state index >= 15 is 0 Å². The average molecular weight is 287 g/mol. The number of likely N-dealkylation sites (tertiary alicyclic amines) is 1. The fourth-order valence-electron chi connectivity index (χ4n) is 3.27. The number of hydrogen-bond acceptors (Lipinski definition) is 2. The Morgan fingerprint density at radius 1 is 1.24 bits per heavy atom. The van der Waals surface area contributed by atoms with Gasteiger partial charge in [-0.15, -0.1) is 0 Å². The molecule has 1 heterocycles. The summed E-state index contributed by atoms with van der Waals surface area (Å²) in [5, 5.41) is 9.64. The van der Waals surface area contributed by atoms with Gasteiger partial charge in [0.05, 0.1) is 11.5 Å². The molecule has 0 unspecified atom stereocenters. The van der Waals surface area contributed by atoms with Crippen molar-refractivity contribution in [3.63, 3.8) is 0 Å². The van der Waals surface area contributed by atoms with Crippen LogP contribution in [0.2, 0.25) is 0 Å². The lowest BCUT2D eigenvalue weighted by Gasteiger charge is -2.24. The minimum atomic E-state index is -0.340. The molecule has 114 valence electrons. The topological polar surface area (TPSA) is 40.5 Å². The molecular weight excluding hydrogens is 262 g/mol. The van der Waals surface area contributed by atoms with Gasteiger partial charge < -0.3 is 10.0 Å². The van der Waals surface area contributed by atoms with E-state index in [0.29, 0.717) is 19.5 Å². The van der Waals surface area contributed by atoms with E-state index in [0.717, 1.165) is 18.4 Å². The molecule has 3 nitrogen and oxygen atoms in total. The van der Waals surface area contributed by atoms with Crippen LogP contribution < -0.4 is 0 Å². The Hall–Kier alpha value is -1.35. The van der Waals surface area contributed by atoms with Gasteiger partial charge in [-0.1, -0.05) is 45.0 Å². The zero-order chi connectivity index (χ0) is 15.3. The van der Waals surface area contributed by atoms with E-state index in [1.54, 1.807) is 0 Å². The molecular formula is C18H25NO2. The number of amides is 1. The lowest BCUT2D eigenvalue weighted by atomic mass is 9.84. The number of aliphatic hydroxyl groups is 1. The first-order valence-corrected chi connectivity index (χ1v) is 7.91. The van der Waals surface area contributed by atoms with Crippen LogP contribution in [0.4, 0.5) is 0 Å². The highest BCUT2D eigenvalue weighted by Gasteiger charge is 2.53. The van der Waals surface area contributed by atoms with Gasteiger partial charge in [0.1, 0.15) is 0 Å². The van der Waals surface area contributed by atoms with Gasteiger partial charge in [0.15, 0.2) is 0 Å². The molecule has 0 spiro atoms. The van der Waals surface area contributed by atoms with Gasteiger partial charge in [-0.3, -0.25) is 4.79 Å². The van der Waals surface area contributed by atoms with Crippen LogP contribution in [0.25, 0.3) is 0 Å². The predicted molar refractivity (Wildman–Crippen MR) is 83.3 cm³/mol. The maximum atomic E-state index is 12.8. The quantitative estimate of drug-likeness (QED) is 0.908. The summed E-state index contributed by atoms with van der Waals surface area (Å²) in [6.45, 7) is 7.80. The van der Waals surface area contributed by atoms with Crippen LogP contribution >= 0.6 is 0 Å². The molecule has 0 bridgehead atoms. The average Bonchev–Trinajstić information content (AvgIpc) is 3.14. The molecule has 3 heteroatoms. The Bertz CT molecular complexity index is 537. The molecule has 1 N–H and O–H groups in total. The standard InChI is InChI=1S/C18H25NO2/c1-17(2,3)13-4-6-14(7-5-13)18(9-10-18)16(21)19-11-8-15(20)12-19/h4-7,15,20H,8-12H2,1-3H3/t15-/m1/s1. The fraction of sp³-hybridized carbons (Fsp3) is 0.611. The smallest absolute Gasteiger partial charge is 0.233 e. The number of β-amino-alcohol motifs (C(OH)–C–C–N with tert-alkyl or cyclic N) is 1. The van der Waals surface area contributed by atoms with E-state index in [2.05, 4.69) is 45.0 Å². The van der Waals surface area contributed by atoms with E-state index in [1.165, 1.54) is 5.56 Å². The first-order valence-electron chi connectivity index (χ1n) is 7.91. The minimum Gasteiger partial charge on any atom is -0.391 e. The third-order valence-corrected chi connectivity index (χ3v) is 4.91. The number of carbonyl (C=O) groups excluding carboxylic acids is 1. The van der Waals surface area contributed by atoms with Crippen LogP contribution in [0.3, 0.4) is 0 Å². The summed E-state index contributed by atoms with van der Waals surface area (Å²) in [5.74, 6) is 0.211. The molecule has 21 heavy (non-hydrogen) atoms. The highest BCUT2D eigenvalue weighted by Crippen LogP contribution is 2.50. The minimum absolute atomic E-state index is 0.137. The molecule has 0 radical (unpaired) electrons. The van der Waals surface area contributed by atoms with Crippen LogP contribution in [0.5, 0.6) is 0 Å². The molecule has 1 aliphatic carbocycles. The van der Waals surface area contributed by atoms with Crippen molar-refractivity contribution < 1.29 is 9.90 Å². The molecule has 1 aliphatic heterocycles. The highest BCUT2D eigenvalue weighted by atomic mass is 16.3. The van der Waals surface area contributed by atoms with Crippen LogP contribution in [-0.4, -0.2) is 35.1 Å². The van der Waals surface area contributed by atoms with Crippen LogP contribution in [0.1, 0.15) is 51.2 Å². The Morgan fingerprint density at radius 2 is 1.86 bits per heavy atom. The number of nitrogens with zero attached hydrogens (tertiary/aromatic N) is 1. The summed E-state index contributed by atoms with van der Waals surface area (Å²) in [7, 11) is 0. The Kier molecular flexibility index (Phi) is 3.36. The van der Waals surface area contributed by atoms with E-state index in [4.69, 9.17) is 0 Å². The highest BCUT2D eigenvalue weighted by molar-refractivity contribution is 5.91. The molecule has 1 saturated carbocycles. The first-order chi connectivity index (χ1) is 9.83. The Labute approximate surface area is 127 Å². The second-order valence-electron chi connectivity index (χ2n) is 7.60.